The molecule has 3 saturated carbocycles. The minimum atomic E-state index is -3.72. The third kappa shape index (κ3) is 3.85. The monoisotopic (exact) mass is 504 g/mol. The van der Waals surface area contributed by atoms with Crippen molar-refractivity contribution in [3.63, 3.8) is 0 Å². The van der Waals surface area contributed by atoms with Gasteiger partial charge in [0, 0.05) is 31.1 Å². The van der Waals surface area contributed by atoms with E-state index < -0.39 is 21.2 Å². The molecule has 2 bridgehead atoms. The van der Waals surface area contributed by atoms with Crippen LogP contribution in [0.15, 0.2) is 30.6 Å². The van der Waals surface area contributed by atoms with Gasteiger partial charge in [0.2, 0.25) is 5.88 Å². The predicted octanol–water partition coefficient (Wildman–Crippen LogP) is 2.99. The van der Waals surface area contributed by atoms with E-state index in [0.29, 0.717) is 34.2 Å². The molecule has 0 aliphatic heterocycles. The number of sulfone groups is 1. The molecule has 0 saturated heterocycles. The van der Waals surface area contributed by atoms with Crippen LogP contribution in [-0.2, 0) is 25.9 Å². The molecule has 3 fully saturated rings. The molecule has 3 aliphatic rings. The third-order valence-corrected chi connectivity index (χ3v) is 9.08. The van der Waals surface area contributed by atoms with Crippen LogP contribution in [0.2, 0.25) is 5.02 Å². The molecular weight excluding hydrogens is 480 g/mol. The fourth-order valence-electron chi connectivity index (χ4n) is 4.91. The van der Waals surface area contributed by atoms with Crippen LogP contribution in [0.3, 0.4) is 0 Å². The molecule has 12 heteroatoms. The summed E-state index contributed by atoms with van der Waals surface area (Å²) in [5.41, 5.74) is 0.445. The summed E-state index contributed by atoms with van der Waals surface area (Å²) < 4.78 is 39.7. The van der Waals surface area contributed by atoms with Crippen molar-refractivity contribution in [3.8, 4) is 17.4 Å². The Kier molecular flexibility index (Phi) is 5.81. The van der Waals surface area contributed by atoms with Gasteiger partial charge in [0.25, 0.3) is 0 Å². The number of rotatable bonds is 9. The van der Waals surface area contributed by atoms with E-state index in [0.717, 1.165) is 19.3 Å². The lowest BCUT2D eigenvalue weighted by molar-refractivity contribution is -0.0893. The van der Waals surface area contributed by atoms with Gasteiger partial charge in [-0.25, -0.2) is 23.4 Å². The van der Waals surface area contributed by atoms with Crippen molar-refractivity contribution in [1.82, 2.24) is 29.7 Å². The maximum Gasteiger partial charge on any atom is 0.213 e. The topological polar surface area (TPSA) is 122 Å². The number of ether oxygens (including phenoxy) is 2. The molecule has 0 radical (unpaired) electrons. The zero-order valence-corrected chi connectivity index (χ0v) is 20.6. The standard InChI is InChI=1S/C22H25ClN6O4S/c1-13(19(33-3)20-24-10-15(23)11-25-20)34(30,31)12-17-27-28-21(16-5-4-6-18(26-16)32-2)29(17)22-7-14(8-22)9-22/h4-6,10-11,13-14,19H,7-9,12H2,1-3H3/t13-,14?,19-,22?/m0/s1. The molecule has 34 heavy (non-hydrogen) atoms. The van der Waals surface area contributed by atoms with Gasteiger partial charge in [0.15, 0.2) is 21.5 Å². The first-order chi connectivity index (χ1) is 16.3. The lowest BCUT2D eigenvalue weighted by Gasteiger charge is -2.62. The van der Waals surface area contributed by atoms with E-state index in [1.807, 2.05) is 16.7 Å². The van der Waals surface area contributed by atoms with E-state index in [1.165, 1.54) is 19.5 Å². The van der Waals surface area contributed by atoms with Crippen molar-refractivity contribution in [2.75, 3.05) is 14.2 Å². The average molecular weight is 505 g/mol. The van der Waals surface area contributed by atoms with Crippen molar-refractivity contribution >= 4 is 21.4 Å². The number of methoxy groups -OCH3 is 2. The SMILES string of the molecule is COc1cccc(-c2nnc(CS(=O)(=O)[C@@H](C)[C@H](OC)c3ncc(Cl)cn3)n2C23CC(C2)C3)n1. The van der Waals surface area contributed by atoms with Crippen LogP contribution in [0, 0.1) is 5.92 Å². The van der Waals surface area contributed by atoms with Gasteiger partial charge < -0.3 is 14.0 Å². The lowest BCUT2D eigenvalue weighted by Crippen LogP contribution is -2.60. The largest absolute Gasteiger partial charge is 0.481 e. The van der Waals surface area contributed by atoms with Crippen LogP contribution in [0.25, 0.3) is 11.5 Å². The van der Waals surface area contributed by atoms with E-state index in [1.54, 1.807) is 20.1 Å². The molecule has 0 N–H and O–H groups in total. The molecule has 6 rings (SSSR count). The second-order valence-corrected chi connectivity index (χ2v) is 11.8. The number of pyridine rings is 1. The van der Waals surface area contributed by atoms with Crippen LogP contribution in [0.5, 0.6) is 5.88 Å². The summed E-state index contributed by atoms with van der Waals surface area (Å²) >= 11 is 5.88. The van der Waals surface area contributed by atoms with Crippen LogP contribution in [-0.4, -0.2) is 57.6 Å². The second-order valence-electron chi connectivity index (χ2n) is 8.97. The quantitative estimate of drug-likeness (QED) is 0.432. The van der Waals surface area contributed by atoms with Crippen molar-refractivity contribution in [3.05, 3.63) is 47.3 Å². The van der Waals surface area contributed by atoms with E-state index in [-0.39, 0.29) is 17.1 Å². The van der Waals surface area contributed by atoms with Gasteiger partial charge in [-0.2, -0.15) is 0 Å². The Morgan fingerprint density at radius 3 is 2.47 bits per heavy atom. The highest BCUT2D eigenvalue weighted by Gasteiger charge is 2.59. The Bertz CT molecular complexity index is 1300. The molecule has 0 unspecified atom stereocenters. The predicted molar refractivity (Wildman–Crippen MR) is 124 cm³/mol. The van der Waals surface area contributed by atoms with E-state index >= 15 is 0 Å². The molecule has 3 heterocycles. The first kappa shape index (κ1) is 23.1. The van der Waals surface area contributed by atoms with Gasteiger partial charge in [-0.05, 0) is 38.2 Å². The number of hydrogen-bond acceptors (Lipinski definition) is 9. The summed E-state index contributed by atoms with van der Waals surface area (Å²) in [5.74, 6) is 2.06. The fourth-order valence-corrected chi connectivity index (χ4v) is 6.43. The molecule has 3 aliphatic carbocycles. The Morgan fingerprint density at radius 1 is 1.18 bits per heavy atom. The van der Waals surface area contributed by atoms with Crippen LogP contribution in [0.1, 0.15) is 43.9 Å². The zero-order valence-electron chi connectivity index (χ0n) is 19.0. The molecule has 0 amide bonds. The zero-order chi connectivity index (χ0) is 24.1. The molecule has 180 valence electrons. The van der Waals surface area contributed by atoms with E-state index in [4.69, 9.17) is 21.1 Å². The Morgan fingerprint density at radius 2 is 1.88 bits per heavy atom. The highest BCUT2D eigenvalue weighted by molar-refractivity contribution is 7.91. The summed E-state index contributed by atoms with van der Waals surface area (Å²) in [4.78, 5) is 12.8. The molecular formula is C22H25ClN6O4S. The van der Waals surface area contributed by atoms with Gasteiger partial charge in [0.05, 0.1) is 17.4 Å². The highest BCUT2D eigenvalue weighted by atomic mass is 35.5. The Balaban J connectivity index is 1.49. The summed E-state index contributed by atoms with van der Waals surface area (Å²) in [5, 5.41) is 8.13. The van der Waals surface area contributed by atoms with Gasteiger partial charge in [-0.3, -0.25) is 0 Å². The van der Waals surface area contributed by atoms with Crippen LogP contribution >= 0.6 is 11.6 Å². The number of aromatic nitrogens is 6. The number of halogens is 1. The Labute approximate surface area is 202 Å². The molecule has 2 atom stereocenters. The maximum atomic E-state index is 13.5. The summed E-state index contributed by atoms with van der Waals surface area (Å²) in [7, 11) is -0.735. The fraction of sp³-hybridized carbons (Fsp3) is 0.500. The van der Waals surface area contributed by atoms with Gasteiger partial charge in [-0.1, -0.05) is 17.7 Å². The van der Waals surface area contributed by atoms with Crippen molar-refractivity contribution in [2.24, 2.45) is 5.92 Å². The van der Waals surface area contributed by atoms with Gasteiger partial charge in [0.1, 0.15) is 23.4 Å². The smallest absolute Gasteiger partial charge is 0.213 e. The normalized spacial score (nSPS) is 23.0. The molecule has 10 nitrogen and oxygen atoms in total. The summed E-state index contributed by atoms with van der Waals surface area (Å²) in [6, 6.07) is 5.41. The second kappa shape index (κ2) is 8.54. The minimum Gasteiger partial charge on any atom is -0.481 e. The van der Waals surface area contributed by atoms with E-state index in [9.17, 15) is 8.42 Å². The van der Waals surface area contributed by atoms with Gasteiger partial charge in [-0.15, -0.1) is 10.2 Å². The minimum absolute atomic E-state index is 0.151. The van der Waals surface area contributed by atoms with Crippen molar-refractivity contribution in [1.29, 1.82) is 0 Å². The number of nitrogens with zero attached hydrogens (tertiary/aromatic N) is 6. The van der Waals surface area contributed by atoms with E-state index in [2.05, 4.69) is 25.1 Å². The Hall–Kier alpha value is -2.63. The van der Waals surface area contributed by atoms with Crippen LogP contribution < -0.4 is 4.74 Å². The summed E-state index contributed by atoms with van der Waals surface area (Å²) in [6.07, 6.45) is 4.95. The average Bonchev–Trinajstić information content (AvgIpc) is 3.16. The molecule has 3 aromatic rings. The molecule has 0 spiro atoms. The highest BCUT2D eigenvalue weighted by Crippen LogP contribution is 2.63. The van der Waals surface area contributed by atoms with Crippen molar-refractivity contribution < 1.29 is 17.9 Å². The first-order valence-corrected chi connectivity index (χ1v) is 13.0. The van der Waals surface area contributed by atoms with Crippen LogP contribution in [0.4, 0.5) is 0 Å². The van der Waals surface area contributed by atoms with Crippen molar-refractivity contribution in [2.45, 2.75) is 48.8 Å². The number of hydrogen-bond donors (Lipinski definition) is 0. The maximum absolute atomic E-state index is 13.5. The van der Waals surface area contributed by atoms with Gasteiger partial charge >= 0.3 is 0 Å². The molecule has 0 aromatic carbocycles. The first-order valence-electron chi connectivity index (χ1n) is 10.9. The lowest BCUT2D eigenvalue weighted by atomic mass is 9.49. The third-order valence-electron chi connectivity index (χ3n) is 6.84. The molecule has 3 aromatic heterocycles. The summed E-state index contributed by atoms with van der Waals surface area (Å²) in [6.45, 7) is 1.59.